The van der Waals surface area contributed by atoms with Gasteiger partial charge in [-0.05, 0) is 6.42 Å². The van der Waals surface area contributed by atoms with E-state index >= 15 is 0 Å². The average Bonchev–Trinajstić information content (AvgIpc) is 2.16. The molecule has 0 aliphatic heterocycles. The van der Waals surface area contributed by atoms with E-state index in [9.17, 15) is 10.2 Å². The molecule has 0 fully saturated rings. The number of hydrogen-bond acceptors (Lipinski definition) is 3. The Balaban J connectivity index is -0.000000720. The van der Waals surface area contributed by atoms with E-state index in [1.807, 2.05) is 0 Å². The van der Waals surface area contributed by atoms with Crippen LogP contribution in [0.2, 0.25) is 0 Å². The summed E-state index contributed by atoms with van der Waals surface area (Å²) in [7, 11) is 0. The molecular weight excluding hydrogens is 214 g/mol. The molecule has 0 amide bonds. The van der Waals surface area contributed by atoms with Gasteiger partial charge in [0.1, 0.15) is 0 Å². The van der Waals surface area contributed by atoms with Crippen molar-refractivity contribution in [2.75, 3.05) is 26.4 Å². The molecule has 0 aliphatic rings. The fourth-order valence-corrected chi connectivity index (χ4v) is 1.17. The third kappa shape index (κ3) is 21.7. The van der Waals surface area contributed by atoms with Gasteiger partial charge in [-0.15, -0.1) is 13.2 Å². The van der Waals surface area contributed by atoms with Crippen LogP contribution >= 0.6 is 0 Å². The minimum Gasteiger partial charge on any atom is -0.854 e. The van der Waals surface area contributed by atoms with Crippen molar-refractivity contribution in [1.82, 2.24) is 0 Å². The second-order valence-electron chi connectivity index (χ2n) is 3.14. The second kappa shape index (κ2) is 21.2. The topological polar surface area (TPSA) is 55.3 Å². The van der Waals surface area contributed by atoms with Crippen LogP contribution in [0.5, 0.6) is 0 Å². The zero-order valence-electron chi connectivity index (χ0n) is 10.3. The van der Waals surface area contributed by atoms with E-state index < -0.39 is 0 Å². The van der Waals surface area contributed by atoms with Gasteiger partial charge in [-0.3, -0.25) is 0 Å². The quantitative estimate of drug-likeness (QED) is 0.279. The van der Waals surface area contributed by atoms with Gasteiger partial charge in [0.05, 0.1) is 0 Å². The Labute approximate surface area is 138 Å². The maximum absolute atomic E-state index is 10.1. The summed E-state index contributed by atoms with van der Waals surface area (Å²) in [5, 5.41) is 20.1. The summed E-state index contributed by atoms with van der Waals surface area (Å²) in [6.45, 7) is 0.982. The van der Waals surface area contributed by atoms with E-state index in [-0.39, 0.29) is 72.3 Å². The van der Waals surface area contributed by atoms with Gasteiger partial charge in [-0.25, -0.2) is 0 Å². The van der Waals surface area contributed by atoms with Crippen LogP contribution in [-0.2, 0) is 4.74 Å². The predicted molar refractivity (Wildman–Crippen MR) is 48.3 cm³/mol. The first-order valence-corrected chi connectivity index (χ1v) is 5.15. The van der Waals surface area contributed by atoms with Gasteiger partial charge in [0.2, 0.25) is 0 Å². The summed E-state index contributed by atoms with van der Waals surface area (Å²) >= 11 is 0. The SMILES string of the molecule is [Na+].[Na+].[O-]CCCCCCCCOCC[O-]. The molecule has 0 heterocycles. The third-order valence-electron chi connectivity index (χ3n) is 1.91. The molecule has 0 aromatic heterocycles. The summed E-state index contributed by atoms with van der Waals surface area (Å²) in [6, 6.07) is 0. The summed E-state index contributed by atoms with van der Waals surface area (Å²) in [5.74, 6) is 0. The van der Waals surface area contributed by atoms with Crippen LogP contribution < -0.4 is 69.3 Å². The molecule has 5 heteroatoms. The van der Waals surface area contributed by atoms with Crippen LogP contribution in [0.1, 0.15) is 38.5 Å². The summed E-state index contributed by atoms with van der Waals surface area (Å²) in [6.07, 6.45) is 6.40. The zero-order valence-corrected chi connectivity index (χ0v) is 14.3. The number of ether oxygens (including phenoxy) is 1. The smallest absolute Gasteiger partial charge is 0.854 e. The standard InChI is InChI=1S/C10H20O3.2Na/c11-7-5-3-1-2-4-6-9-13-10-8-12;;/h1-10H2;;/q-2;2*+1. The van der Waals surface area contributed by atoms with Crippen molar-refractivity contribution in [3.63, 3.8) is 0 Å². The van der Waals surface area contributed by atoms with Gasteiger partial charge in [-0.2, -0.15) is 0 Å². The Kier molecular flexibility index (Phi) is 31.2. The van der Waals surface area contributed by atoms with Gasteiger partial charge in [0.15, 0.2) is 0 Å². The van der Waals surface area contributed by atoms with Crippen LogP contribution in [-0.4, -0.2) is 26.4 Å². The molecule has 0 bridgehead atoms. The number of rotatable bonds is 10. The van der Waals surface area contributed by atoms with Crippen molar-refractivity contribution in [3.8, 4) is 0 Å². The van der Waals surface area contributed by atoms with Gasteiger partial charge in [0.25, 0.3) is 0 Å². The summed E-state index contributed by atoms with van der Waals surface area (Å²) in [4.78, 5) is 0. The Morgan fingerprint density at radius 3 is 1.67 bits per heavy atom. The van der Waals surface area contributed by atoms with Gasteiger partial charge >= 0.3 is 59.1 Å². The molecule has 0 aromatic rings. The van der Waals surface area contributed by atoms with E-state index in [1.165, 1.54) is 6.42 Å². The average molecular weight is 234 g/mol. The second-order valence-corrected chi connectivity index (χ2v) is 3.14. The molecule has 80 valence electrons. The zero-order chi connectivity index (χ0) is 9.78. The molecule has 0 saturated carbocycles. The van der Waals surface area contributed by atoms with Crippen LogP contribution in [0.3, 0.4) is 0 Å². The molecule has 0 aliphatic carbocycles. The van der Waals surface area contributed by atoms with Crippen molar-refractivity contribution in [1.29, 1.82) is 0 Å². The van der Waals surface area contributed by atoms with Crippen LogP contribution in [0, 0.1) is 0 Å². The maximum Gasteiger partial charge on any atom is 1.00 e. The van der Waals surface area contributed by atoms with Crippen molar-refractivity contribution < 1.29 is 74.1 Å². The Morgan fingerprint density at radius 2 is 1.13 bits per heavy atom. The van der Waals surface area contributed by atoms with Crippen molar-refractivity contribution >= 4 is 0 Å². The van der Waals surface area contributed by atoms with E-state index in [4.69, 9.17) is 4.74 Å². The summed E-state index contributed by atoms with van der Waals surface area (Å²) < 4.78 is 5.05. The first kappa shape index (κ1) is 22.1. The fourth-order valence-electron chi connectivity index (χ4n) is 1.17. The normalized spacial score (nSPS) is 9.20. The van der Waals surface area contributed by atoms with Crippen LogP contribution in [0.25, 0.3) is 0 Å². The van der Waals surface area contributed by atoms with Crippen molar-refractivity contribution in [2.45, 2.75) is 38.5 Å². The number of hydrogen-bond donors (Lipinski definition) is 0. The molecule has 0 radical (unpaired) electrons. The Bertz CT molecular complexity index is 84.7. The monoisotopic (exact) mass is 234 g/mol. The molecule has 3 nitrogen and oxygen atoms in total. The molecule has 0 aromatic carbocycles. The van der Waals surface area contributed by atoms with E-state index in [2.05, 4.69) is 0 Å². The van der Waals surface area contributed by atoms with E-state index in [0.717, 1.165) is 32.1 Å². The minimum absolute atomic E-state index is 0. The minimum atomic E-state index is -0.135. The molecular formula is C10H20Na2O3. The number of unbranched alkanes of at least 4 members (excludes halogenated alkanes) is 5. The Hall–Kier alpha value is 1.88. The summed E-state index contributed by atoms with van der Waals surface area (Å²) in [5.41, 5.74) is 0. The molecule has 0 atom stereocenters. The van der Waals surface area contributed by atoms with E-state index in [0.29, 0.717) is 13.2 Å². The van der Waals surface area contributed by atoms with Crippen LogP contribution in [0.15, 0.2) is 0 Å². The first-order valence-electron chi connectivity index (χ1n) is 5.15. The molecule has 0 N–H and O–H groups in total. The third-order valence-corrected chi connectivity index (χ3v) is 1.91. The largest absolute Gasteiger partial charge is 1.00 e. The van der Waals surface area contributed by atoms with E-state index in [1.54, 1.807) is 0 Å². The van der Waals surface area contributed by atoms with Crippen molar-refractivity contribution in [3.05, 3.63) is 0 Å². The molecule has 0 spiro atoms. The predicted octanol–water partition coefficient (Wildman–Crippen LogP) is -5.93. The van der Waals surface area contributed by atoms with Crippen LogP contribution in [0.4, 0.5) is 0 Å². The van der Waals surface area contributed by atoms with Gasteiger partial charge < -0.3 is 14.9 Å². The molecule has 0 saturated heterocycles. The van der Waals surface area contributed by atoms with Gasteiger partial charge in [0, 0.05) is 13.2 Å². The first-order chi connectivity index (χ1) is 6.41. The fraction of sp³-hybridized carbons (Fsp3) is 1.00. The molecule has 0 rings (SSSR count). The molecule has 0 unspecified atom stereocenters. The van der Waals surface area contributed by atoms with Crippen molar-refractivity contribution in [2.24, 2.45) is 0 Å². The van der Waals surface area contributed by atoms with Gasteiger partial charge in [-0.1, -0.05) is 32.1 Å². The maximum atomic E-state index is 10.1. The molecule has 15 heavy (non-hydrogen) atoms. The Morgan fingerprint density at radius 1 is 0.600 bits per heavy atom.